The Bertz CT molecular complexity index is 172. The van der Waals surface area contributed by atoms with Crippen molar-refractivity contribution in [3.8, 4) is 0 Å². The Labute approximate surface area is 97.8 Å². The highest BCUT2D eigenvalue weighted by molar-refractivity contribution is 7.81. The summed E-state index contributed by atoms with van der Waals surface area (Å²) in [5, 5.41) is 0. The molecule has 0 saturated carbocycles. The summed E-state index contributed by atoms with van der Waals surface area (Å²) in [5.41, 5.74) is 0. The van der Waals surface area contributed by atoms with Crippen LogP contribution in [0.3, 0.4) is 0 Å². The van der Waals surface area contributed by atoms with Crippen LogP contribution in [0, 0.1) is 0 Å². The maximum Gasteiger partial charge on any atom is 0.424 e. The summed E-state index contributed by atoms with van der Waals surface area (Å²) in [6.07, 6.45) is 6.09. The van der Waals surface area contributed by atoms with Crippen LogP contribution in [0.25, 0.3) is 0 Å². The first kappa shape index (κ1) is 15.4. The topological polar surface area (TPSA) is 35.5 Å². The second-order valence-electron chi connectivity index (χ2n) is 3.51. The van der Waals surface area contributed by atoms with Crippen molar-refractivity contribution in [3.63, 3.8) is 0 Å². The fourth-order valence-corrected chi connectivity index (χ4v) is 2.27. The first-order chi connectivity index (χ1) is 7.12. The van der Waals surface area contributed by atoms with Crippen molar-refractivity contribution >= 4 is 18.2 Å². The van der Waals surface area contributed by atoms with E-state index in [1.54, 1.807) is 0 Å². The summed E-state index contributed by atoms with van der Waals surface area (Å²) in [5.74, 6) is 0. The summed E-state index contributed by atoms with van der Waals surface area (Å²) < 4.78 is 21.5. The summed E-state index contributed by atoms with van der Waals surface area (Å²) in [7, 11) is 0. The lowest BCUT2D eigenvalue weighted by Crippen LogP contribution is -1.95. The van der Waals surface area contributed by atoms with Crippen molar-refractivity contribution in [1.29, 1.82) is 0 Å². The normalized spacial score (nSPS) is 11.9. The van der Waals surface area contributed by atoms with E-state index in [1.807, 2.05) is 0 Å². The molecule has 0 aliphatic rings. The maximum absolute atomic E-state index is 11.5. The molecule has 0 heterocycles. The van der Waals surface area contributed by atoms with Crippen LogP contribution in [0.15, 0.2) is 0 Å². The first-order valence-corrected chi connectivity index (χ1v) is 8.16. The average Bonchev–Trinajstić information content (AvgIpc) is 2.20. The molecule has 0 aromatic heterocycles. The van der Waals surface area contributed by atoms with Gasteiger partial charge in [0, 0.05) is 11.2 Å². The highest BCUT2D eigenvalue weighted by Crippen LogP contribution is 2.53. The van der Waals surface area contributed by atoms with Gasteiger partial charge in [0.2, 0.25) is 0 Å². The van der Waals surface area contributed by atoms with Gasteiger partial charge in [-0.05, 0) is 12.8 Å². The van der Waals surface area contributed by atoms with Gasteiger partial charge in [0.05, 0.1) is 13.2 Å². The van der Waals surface area contributed by atoms with Gasteiger partial charge in [-0.25, -0.2) is 4.57 Å². The number of rotatable bonds is 10. The Morgan fingerprint density at radius 3 is 1.67 bits per heavy atom. The third-order valence-corrected chi connectivity index (χ3v) is 3.55. The van der Waals surface area contributed by atoms with Crippen LogP contribution in [0.4, 0.5) is 0 Å². The van der Waals surface area contributed by atoms with E-state index in [9.17, 15) is 4.57 Å². The lowest BCUT2D eigenvalue weighted by molar-refractivity contribution is 0.212. The van der Waals surface area contributed by atoms with Gasteiger partial charge >= 0.3 is 6.95 Å². The van der Waals surface area contributed by atoms with E-state index in [2.05, 4.69) is 13.8 Å². The molecular weight excluding hydrogens is 235 g/mol. The van der Waals surface area contributed by atoms with Crippen LogP contribution in [-0.4, -0.2) is 13.2 Å². The van der Waals surface area contributed by atoms with Gasteiger partial charge in [-0.15, -0.1) is 0 Å². The Hall–Kier alpha value is 0.440. The number of halogens is 1. The predicted octanol–water partition coefficient (Wildman–Crippen LogP) is 4.75. The third-order valence-electron chi connectivity index (χ3n) is 1.99. The molecule has 92 valence electrons. The number of hydrogen-bond acceptors (Lipinski definition) is 3. The summed E-state index contributed by atoms with van der Waals surface area (Å²) in [6, 6.07) is 0. The van der Waals surface area contributed by atoms with Crippen molar-refractivity contribution in [2.24, 2.45) is 0 Å². The molecule has 0 radical (unpaired) electrons. The Morgan fingerprint density at radius 2 is 1.33 bits per heavy atom. The van der Waals surface area contributed by atoms with Crippen LogP contribution in [0.5, 0.6) is 0 Å². The second kappa shape index (κ2) is 9.65. The molecule has 0 atom stereocenters. The highest BCUT2D eigenvalue weighted by atomic mass is 35.7. The maximum atomic E-state index is 11.5. The molecule has 0 saturated heterocycles. The van der Waals surface area contributed by atoms with Crippen molar-refractivity contribution in [3.05, 3.63) is 0 Å². The molecule has 0 aromatic rings. The summed E-state index contributed by atoms with van der Waals surface area (Å²) in [6.45, 7) is 1.73. The first-order valence-electron chi connectivity index (χ1n) is 5.71. The van der Waals surface area contributed by atoms with E-state index < -0.39 is 6.95 Å². The molecule has 0 fully saturated rings. The zero-order valence-electron chi connectivity index (χ0n) is 9.71. The minimum atomic E-state index is -3.30. The van der Waals surface area contributed by atoms with Crippen molar-refractivity contribution < 1.29 is 13.6 Å². The smallest absolute Gasteiger partial charge is 0.297 e. The zero-order valence-corrected chi connectivity index (χ0v) is 11.4. The van der Waals surface area contributed by atoms with E-state index in [4.69, 9.17) is 20.3 Å². The predicted molar refractivity (Wildman–Crippen MR) is 64.4 cm³/mol. The standard InChI is InChI=1S/C10H22ClO3P/c1-3-5-7-9-13-15(11,12)14-10-8-6-4-2/h3-10H2,1-2H3. The molecule has 0 aliphatic heterocycles. The lowest BCUT2D eigenvalue weighted by Gasteiger charge is -2.11. The molecule has 0 bridgehead atoms. The SMILES string of the molecule is CCCCCOP(=O)(Cl)OCCCCC. The van der Waals surface area contributed by atoms with Crippen LogP contribution >= 0.6 is 18.2 Å². The van der Waals surface area contributed by atoms with Gasteiger partial charge in [0.25, 0.3) is 0 Å². The monoisotopic (exact) mass is 256 g/mol. The second-order valence-corrected chi connectivity index (χ2v) is 6.13. The zero-order chi connectivity index (χ0) is 11.6. The Kier molecular flexibility index (Phi) is 9.93. The fraction of sp³-hybridized carbons (Fsp3) is 1.00. The van der Waals surface area contributed by atoms with Gasteiger partial charge in [-0.2, -0.15) is 0 Å². The van der Waals surface area contributed by atoms with Gasteiger partial charge in [0.1, 0.15) is 0 Å². The lowest BCUT2D eigenvalue weighted by atomic mass is 10.3. The van der Waals surface area contributed by atoms with Crippen molar-refractivity contribution in [1.82, 2.24) is 0 Å². The Morgan fingerprint density at radius 1 is 0.933 bits per heavy atom. The quantitative estimate of drug-likeness (QED) is 0.418. The molecule has 3 nitrogen and oxygen atoms in total. The third kappa shape index (κ3) is 10.7. The van der Waals surface area contributed by atoms with E-state index >= 15 is 0 Å². The van der Waals surface area contributed by atoms with E-state index in [-0.39, 0.29) is 0 Å². The van der Waals surface area contributed by atoms with Crippen molar-refractivity contribution in [2.75, 3.05) is 13.2 Å². The largest absolute Gasteiger partial charge is 0.424 e. The number of unbranched alkanes of at least 4 members (excludes halogenated alkanes) is 4. The molecule has 0 aromatic carbocycles. The fourth-order valence-electron chi connectivity index (χ4n) is 1.09. The number of hydrogen-bond donors (Lipinski definition) is 0. The minimum absolute atomic E-state index is 0.419. The average molecular weight is 257 g/mol. The molecule has 5 heteroatoms. The van der Waals surface area contributed by atoms with Crippen LogP contribution in [0.2, 0.25) is 0 Å². The highest BCUT2D eigenvalue weighted by Gasteiger charge is 2.19. The van der Waals surface area contributed by atoms with Gasteiger partial charge in [-0.3, -0.25) is 9.05 Å². The van der Waals surface area contributed by atoms with E-state index in [1.165, 1.54) is 0 Å². The molecule has 0 aliphatic carbocycles. The molecule has 15 heavy (non-hydrogen) atoms. The van der Waals surface area contributed by atoms with Crippen LogP contribution < -0.4 is 0 Å². The van der Waals surface area contributed by atoms with Crippen molar-refractivity contribution in [2.45, 2.75) is 52.4 Å². The van der Waals surface area contributed by atoms with Gasteiger partial charge < -0.3 is 0 Å². The molecule has 0 spiro atoms. The van der Waals surface area contributed by atoms with Gasteiger partial charge in [-0.1, -0.05) is 39.5 Å². The van der Waals surface area contributed by atoms with Gasteiger partial charge in [0.15, 0.2) is 0 Å². The van der Waals surface area contributed by atoms with Crippen LogP contribution in [0.1, 0.15) is 52.4 Å². The minimum Gasteiger partial charge on any atom is -0.297 e. The molecule has 0 rings (SSSR count). The van der Waals surface area contributed by atoms with E-state index in [0.29, 0.717) is 13.2 Å². The van der Waals surface area contributed by atoms with E-state index in [0.717, 1.165) is 38.5 Å². The molecule has 0 amide bonds. The summed E-state index contributed by atoms with van der Waals surface area (Å²) in [4.78, 5) is 0. The van der Waals surface area contributed by atoms with Crippen LogP contribution in [-0.2, 0) is 13.6 Å². The Balaban J connectivity index is 3.45. The molecule has 0 unspecified atom stereocenters. The molecular formula is C10H22ClO3P. The molecule has 0 N–H and O–H groups in total. The summed E-state index contributed by atoms with van der Waals surface area (Å²) >= 11 is 5.61.